The number of aromatic nitrogens is 1. The molecule has 0 fully saturated rings. The first-order valence-electron chi connectivity index (χ1n) is 13.3. The van der Waals surface area contributed by atoms with Crippen molar-refractivity contribution in [3.05, 3.63) is 64.8 Å². The average Bonchev–Trinajstić information content (AvgIpc) is 3.38. The topological polar surface area (TPSA) is 113 Å². The lowest BCUT2D eigenvalue weighted by atomic mass is 9.69. The third-order valence-corrected chi connectivity index (χ3v) is 7.23. The molecule has 0 spiro atoms. The van der Waals surface area contributed by atoms with Crippen LogP contribution in [0.4, 0.5) is 4.79 Å². The minimum atomic E-state index is -0.887. The number of hydrogen-bond acceptors (Lipinski definition) is 8. The molecule has 1 aliphatic carbocycles. The quantitative estimate of drug-likeness (QED) is 0.417. The van der Waals surface area contributed by atoms with Crippen molar-refractivity contribution in [2.75, 3.05) is 20.0 Å². The highest BCUT2D eigenvalue weighted by molar-refractivity contribution is 6.07. The highest BCUT2D eigenvalue weighted by atomic mass is 16.7. The van der Waals surface area contributed by atoms with Gasteiger partial charge in [-0.1, -0.05) is 45.0 Å². The third-order valence-electron chi connectivity index (χ3n) is 7.23. The number of rotatable bonds is 5. The van der Waals surface area contributed by atoms with Crippen LogP contribution in [0.3, 0.4) is 0 Å². The van der Waals surface area contributed by atoms with Gasteiger partial charge in [-0.3, -0.25) is 10.1 Å². The Labute approximate surface area is 232 Å². The predicted octanol–water partition coefficient (Wildman–Crippen LogP) is 5.54. The van der Waals surface area contributed by atoms with E-state index < -0.39 is 24.6 Å². The van der Waals surface area contributed by atoms with Crippen LogP contribution in [0.1, 0.15) is 61.3 Å². The molecule has 9 heteroatoms. The zero-order valence-electron chi connectivity index (χ0n) is 23.0. The molecule has 3 aromatic rings. The fourth-order valence-corrected chi connectivity index (χ4v) is 5.09. The number of amides is 2. The number of allylic oxidation sites excluding steroid dienone is 1. The molecule has 208 valence electrons. The van der Waals surface area contributed by atoms with Crippen LogP contribution in [0.2, 0.25) is 0 Å². The highest BCUT2D eigenvalue weighted by Gasteiger charge is 2.35. The van der Waals surface area contributed by atoms with Crippen molar-refractivity contribution < 1.29 is 33.3 Å². The van der Waals surface area contributed by atoms with Crippen molar-refractivity contribution in [3.63, 3.8) is 0 Å². The van der Waals surface area contributed by atoms with Gasteiger partial charge in [-0.05, 0) is 72.1 Å². The summed E-state index contributed by atoms with van der Waals surface area (Å²) < 4.78 is 21.2. The van der Waals surface area contributed by atoms with Gasteiger partial charge in [0.15, 0.2) is 18.1 Å². The Hall–Kier alpha value is -4.40. The van der Waals surface area contributed by atoms with Gasteiger partial charge in [0.1, 0.15) is 0 Å². The van der Waals surface area contributed by atoms with Gasteiger partial charge < -0.3 is 18.9 Å². The summed E-state index contributed by atoms with van der Waals surface area (Å²) in [6, 6.07) is 13.2. The molecule has 0 radical (unpaired) electrons. The molecule has 1 atom stereocenters. The van der Waals surface area contributed by atoms with Crippen LogP contribution in [-0.4, -0.2) is 43.0 Å². The van der Waals surface area contributed by atoms with Crippen molar-refractivity contribution in [3.8, 4) is 11.5 Å². The van der Waals surface area contributed by atoms with Crippen molar-refractivity contribution in [2.24, 2.45) is 11.3 Å². The van der Waals surface area contributed by atoms with Gasteiger partial charge in [0.2, 0.25) is 6.79 Å². The first-order chi connectivity index (χ1) is 19.1. The molecule has 0 unspecified atom stereocenters. The van der Waals surface area contributed by atoms with Crippen molar-refractivity contribution in [1.82, 2.24) is 10.3 Å². The standard InChI is InChI=1S/C31H32N2O7/c1-5-37-30(36)33-26(34)16-38-29(35)27-21-8-6-7-9-23(21)32-28-19(14-20(15-22(27)28)31(2,3)4)12-18-10-11-24-25(13-18)40-17-39-24/h6-13,20H,5,14-17H2,1-4H3,(H,33,34,36)/b19-12-/t20-/m1/s1. The molecule has 1 aromatic heterocycles. The number of fused-ring (bicyclic) bond motifs is 3. The first kappa shape index (κ1) is 27.2. The summed E-state index contributed by atoms with van der Waals surface area (Å²) in [5.74, 6) is 0.192. The number of carbonyl (C=O) groups is 3. The van der Waals surface area contributed by atoms with E-state index in [2.05, 4.69) is 26.8 Å². The van der Waals surface area contributed by atoms with Crippen molar-refractivity contribution >= 4 is 40.5 Å². The third kappa shape index (κ3) is 5.64. The summed E-state index contributed by atoms with van der Waals surface area (Å²) in [5.41, 5.74) is 4.43. The largest absolute Gasteiger partial charge is 0.454 e. The number of hydrogen-bond donors (Lipinski definition) is 1. The van der Waals surface area contributed by atoms with E-state index in [1.807, 2.05) is 47.8 Å². The number of nitrogens with zero attached hydrogens (tertiary/aromatic N) is 1. The summed E-state index contributed by atoms with van der Waals surface area (Å²) >= 11 is 0. The molecular weight excluding hydrogens is 512 g/mol. The highest BCUT2D eigenvalue weighted by Crippen LogP contribution is 2.45. The molecule has 1 aliphatic heterocycles. The summed E-state index contributed by atoms with van der Waals surface area (Å²) in [6.45, 7) is 7.88. The fourth-order valence-electron chi connectivity index (χ4n) is 5.09. The van der Waals surface area contributed by atoms with Gasteiger partial charge in [0, 0.05) is 5.39 Å². The van der Waals surface area contributed by atoms with Crippen molar-refractivity contribution in [1.29, 1.82) is 0 Å². The number of imide groups is 1. The monoisotopic (exact) mass is 544 g/mol. The van der Waals surface area contributed by atoms with Gasteiger partial charge in [-0.15, -0.1) is 0 Å². The lowest BCUT2D eigenvalue weighted by Crippen LogP contribution is -2.35. The Bertz CT molecular complexity index is 1520. The number of pyridine rings is 1. The number of benzene rings is 2. The number of nitrogens with one attached hydrogen (secondary N) is 1. The summed E-state index contributed by atoms with van der Waals surface area (Å²) in [5, 5.41) is 2.70. The Morgan fingerprint density at radius 3 is 2.60 bits per heavy atom. The Morgan fingerprint density at radius 1 is 1.05 bits per heavy atom. The molecule has 0 saturated carbocycles. The van der Waals surface area contributed by atoms with E-state index in [4.69, 9.17) is 23.9 Å². The van der Waals surface area contributed by atoms with Crippen molar-refractivity contribution in [2.45, 2.75) is 40.5 Å². The Kier molecular flexibility index (Phi) is 7.47. The van der Waals surface area contributed by atoms with Gasteiger partial charge in [0.25, 0.3) is 5.91 Å². The number of esters is 1. The zero-order chi connectivity index (χ0) is 28.4. The Balaban J connectivity index is 1.57. The second-order valence-corrected chi connectivity index (χ2v) is 10.9. The van der Waals surface area contributed by atoms with E-state index in [9.17, 15) is 14.4 Å². The van der Waals surface area contributed by atoms with Gasteiger partial charge in [-0.25, -0.2) is 14.6 Å². The smallest absolute Gasteiger partial charge is 0.413 e. The average molecular weight is 545 g/mol. The molecule has 2 amide bonds. The lowest BCUT2D eigenvalue weighted by molar-refractivity contribution is -0.123. The lowest BCUT2D eigenvalue weighted by Gasteiger charge is -2.36. The SMILES string of the molecule is CCOC(=O)NC(=O)COC(=O)c1c2c(nc3ccccc13)/C(=C\c1ccc3c(c1)OCO3)C[C@@H](C(C)(C)C)C2. The number of ether oxygens (including phenoxy) is 4. The molecule has 2 heterocycles. The number of alkyl carbamates (subject to hydrolysis) is 1. The molecule has 1 N–H and O–H groups in total. The predicted molar refractivity (Wildman–Crippen MR) is 149 cm³/mol. The molecule has 0 bridgehead atoms. The molecule has 5 rings (SSSR count). The minimum Gasteiger partial charge on any atom is -0.454 e. The number of para-hydroxylation sites is 1. The van der Waals surface area contributed by atoms with Crippen LogP contribution in [0.15, 0.2) is 42.5 Å². The van der Waals surface area contributed by atoms with E-state index in [-0.39, 0.29) is 24.7 Å². The maximum absolute atomic E-state index is 13.6. The van der Waals surface area contributed by atoms with E-state index in [0.717, 1.165) is 28.8 Å². The molecule has 9 nitrogen and oxygen atoms in total. The van der Waals surface area contributed by atoms with E-state index >= 15 is 0 Å². The maximum atomic E-state index is 13.6. The second kappa shape index (κ2) is 11.0. The van der Waals surface area contributed by atoms with Crippen LogP contribution < -0.4 is 14.8 Å². The van der Waals surface area contributed by atoms with Crippen LogP contribution >= 0.6 is 0 Å². The molecular formula is C31H32N2O7. The molecule has 2 aromatic carbocycles. The van der Waals surface area contributed by atoms with Gasteiger partial charge in [-0.2, -0.15) is 0 Å². The molecule has 2 aliphatic rings. The molecule has 0 saturated heterocycles. The summed E-state index contributed by atoms with van der Waals surface area (Å²) in [7, 11) is 0. The Morgan fingerprint density at radius 2 is 1.82 bits per heavy atom. The first-order valence-corrected chi connectivity index (χ1v) is 13.3. The van der Waals surface area contributed by atoms with Gasteiger partial charge in [0.05, 0.1) is 23.4 Å². The van der Waals surface area contributed by atoms with Crippen LogP contribution in [0, 0.1) is 11.3 Å². The summed E-state index contributed by atoms with van der Waals surface area (Å²) in [4.78, 5) is 42.4. The van der Waals surface area contributed by atoms with Crippen LogP contribution in [0.5, 0.6) is 11.5 Å². The number of carbonyl (C=O) groups excluding carboxylic acids is 3. The van der Waals surface area contributed by atoms with Gasteiger partial charge >= 0.3 is 12.1 Å². The fraction of sp³-hybridized carbons (Fsp3) is 0.355. The minimum absolute atomic E-state index is 0.0575. The van der Waals surface area contributed by atoms with E-state index in [1.54, 1.807) is 6.92 Å². The molecule has 40 heavy (non-hydrogen) atoms. The van der Waals surface area contributed by atoms with E-state index in [1.165, 1.54) is 0 Å². The van der Waals surface area contributed by atoms with Crippen LogP contribution in [-0.2, 0) is 20.7 Å². The zero-order valence-corrected chi connectivity index (χ0v) is 23.0. The summed E-state index contributed by atoms with van der Waals surface area (Å²) in [6.07, 6.45) is 2.59. The normalized spacial score (nSPS) is 16.9. The maximum Gasteiger partial charge on any atom is 0.413 e. The van der Waals surface area contributed by atoms with Crippen LogP contribution in [0.25, 0.3) is 22.6 Å². The van der Waals surface area contributed by atoms with E-state index in [0.29, 0.717) is 34.4 Å². The second-order valence-electron chi connectivity index (χ2n) is 10.9.